The fraction of sp³-hybridized carbons (Fsp3) is 0.312. The van der Waals surface area contributed by atoms with Gasteiger partial charge in [0.2, 0.25) is 0 Å². The molecule has 0 saturated heterocycles. The number of hydrogen-bond donors (Lipinski definition) is 0. The van der Waals surface area contributed by atoms with E-state index >= 15 is 0 Å². The molecule has 3 rings (SSSR count). The molecule has 2 unspecified atom stereocenters. The molecule has 2 aromatic rings. The summed E-state index contributed by atoms with van der Waals surface area (Å²) < 4.78 is 46.9. The van der Waals surface area contributed by atoms with Gasteiger partial charge in [0, 0.05) is 28.7 Å². The lowest BCUT2D eigenvalue weighted by atomic mass is 9.93. The zero-order valence-corrected chi connectivity index (χ0v) is 12.2. The Morgan fingerprint density at radius 2 is 2.00 bits per heavy atom. The lowest BCUT2D eigenvalue weighted by molar-refractivity contribution is 0.337. The van der Waals surface area contributed by atoms with Crippen molar-refractivity contribution in [1.82, 2.24) is 4.98 Å². The normalized spacial score (nSPS) is 18.0. The van der Waals surface area contributed by atoms with Gasteiger partial charge in [-0.05, 0) is 24.6 Å². The standard InChI is InChI=1S/C16H13BF3NO/c1-7-6-22-16-9(7)4-14(17)21-15(16)11-3-10(8(2)18)12(19)5-13(11)20/h3-5,7-8H,6H2,1-2H3. The quantitative estimate of drug-likeness (QED) is 0.794. The monoisotopic (exact) mass is 303 g/mol. The van der Waals surface area contributed by atoms with Crippen molar-refractivity contribution in [2.24, 2.45) is 0 Å². The Morgan fingerprint density at radius 3 is 2.68 bits per heavy atom. The van der Waals surface area contributed by atoms with Crippen LogP contribution in [0.4, 0.5) is 13.2 Å². The van der Waals surface area contributed by atoms with E-state index in [0.717, 1.165) is 11.6 Å². The van der Waals surface area contributed by atoms with Gasteiger partial charge in [0.1, 0.15) is 37.1 Å². The van der Waals surface area contributed by atoms with Crippen LogP contribution in [0, 0.1) is 11.6 Å². The number of ether oxygens (including phenoxy) is 1. The molecular weight excluding hydrogens is 290 g/mol. The van der Waals surface area contributed by atoms with Crippen LogP contribution in [0.2, 0.25) is 0 Å². The van der Waals surface area contributed by atoms with Crippen molar-refractivity contribution in [3.63, 3.8) is 0 Å². The first kappa shape index (κ1) is 14.9. The van der Waals surface area contributed by atoms with Crippen molar-refractivity contribution in [1.29, 1.82) is 0 Å². The molecule has 0 bridgehead atoms. The van der Waals surface area contributed by atoms with Crippen LogP contribution in [0.3, 0.4) is 0 Å². The second kappa shape index (κ2) is 5.34. The smallest absolute Gasteiger partial charge is 0.149 e. The van der Waals surface area contributed by atoms with Crippen LogP contribution in [0.15, 0.2) is 18.2 Å². The lowest BCUT2D eigenvalue weighted by Gasteiger charge is -2.13. The molecule has 1 aliphatic heterocycles. The molecule has 2 radical (unpaired) electrons. The van der Waals surface area contributed by atoms with Gasteiger partial charge in [-0.3, -0.25) is 4.98 Å². The van der Waals surface area contributed by atoms with E-state index in [4.69, 9.17) is 12.6 Å². The van der Waals surface area contributed by atoms with Crippen LogP contribution in [0.1, 0.15) is 37.1 Å². The largest absolute Gasteiger partial charge is 0.490 e. The number of halogens is 3. The third kappa shape index (κ3) is 2.36. The fourth-order valence-corrected chi connectivity index (χ4v) is 2.62. The highest BCUT2D eigenvalue weighted by Crippen LogP contribution is 2.41. The van der Waals surface area contributed by atoms with E-state index in [1.54, 1.807) is 6.07 Å². The summed E-state index contributed by atoms with van der Waals surface area (Å²) in [6.45, 7) is 3.57. The zero-order chi connectivity index (χ0) is 16.0. The maximum absolute atomic E-state index is 14.2. The molecule has 112 valence electrons. The minimum Gasteiger partial charge on any atom is -0.490 e. The predicted octanol–water partition coefficient (Wildman–Crippen LogP) is 3.35. The van der Waals surface area contributed by atoms with Crippen molar-refractivity contribution in [3.8, 4) is 17.0 Å². The molecule has 1 aromatic carbocycles. The van der Waals surface area contributed by atoms with Crippen LogP contribution < -0.4 is 10.3 Å². The van der Waals surface area contributed by atoms with Crippen LogP contribution in [0.25, 0.3) is 11.3 Å². The average molecular weight is 303 g/mol. The number of hydrogen-bond acceptors (Lipinski definition) is 2. The molecule has 2 heterocycles. The zero-order valence-electron chi connectivity index (χ0n) is 12.2. The predicted molar refractivity (Wildman–Crippen MR) is 78.4 cm³/mol. The molecule has 0 fully saturated rings. The van der Waals surface area contributed by atoms with E-state index in [9.17, 15) is 13.2 Å². The minimum absolute atomic E-state index is 0.0152. The van der Waals surface area contributed by atoms with Crippen molar-refractivity contribution < 1.29 is 17.9 Å². The van der Waals surface area contributed by atoms with Gasteiger partial charge >= 0.3 is 0 Å². The molecule has 0 aliphatic carbocycles. The van der Waals surface area contributed by atoms with E-state index in [2.05, 4.69) is 4.98 Å². The Morgan fingerprint density at radius 1 is 1.27 bits per heavy atom. The highest BCUT2D eigenvalue weighted by Gasteiger charge is 2.27. The first-order valence-corrected chi connectivity index (χ1v) is 6.95. The highest BCUT2D eigenvalue weighted by molar-refractivity contribution is 6.31. The van der Waals surface area contributed by atoms with Gasteiger partial charge in [-0.15, -0.1) is 0 Å². The van der Waals surface area contributed by atoms with Gasteiger partial charge in [0.05, 0.1) is 6.61 Å². The Kier molecular flexibility index (Phi) is 3.63. The Balaban J connectivity index is 2.25. The van der Waals surface area contributed by atoms with E-state index in [0.29, 0.717) is 18.4 Å². The summed E-state index contributed by atoms with van der Waals surface area (Å²) in [7, 11) is 5.77. The number of pyridine rings is 1. The summed E-state index contributed by atoms with van der Waals surface area (Å²) in [4.78, 5) is 4.11. The topological polar surface area (TPSA) is 22.1 Å². The molecule has 1 aliphatic rings. The second-order valence-corrected chi connectivity index (χ2v) is 5.50. The number of aromatic nitrogens is 1. The van der Waals surface area contributed by atoms with Gasteiger partial charge < -0.3 is 4.74 Å². The SMILES string of the molecule is [B]c1cc2c(c(-c3cc(C(C)F)c(F)cc3F)n1)OCC2C. The second-order valence-electron chi connectivity index (χ2n) is 5.50. The summed E-state index contributed by atoms with van der Waals surface area (Å²) in [5.74, 6) is -1.23. The molecule has 1 aromatic heterocycles. The highest BCUT2D eigenvalue weighted by atomic mass is 19.1. The lowest BCUT2D eigenvalue weighted by Crippen LogP contribution is -2.11. The number of benzene rings is 1. The molecule has 0 spiro atoms. The van der Waals surface area contributed by atoms with Crippen molar-refractivity contribution in [2.75, 3.05) is 6.61 Å². The van der Waals surface area contributed by atoms with Crippen molar-refractivity contribution >= 4 is 13.4 Å². The molecular formula is C16H13BF3NO. The molecule has 0 saturated carbocycles. The Bertz CT molecular complexity index is 749. The third-order valence-electron chi connectivity index (χ3n) is 3.80. The third-order valence-corrected chi connectivity index (χ3v) is 3.80. The Hall–Kier alpha value is -1.98. The summed E-state index contributed by atoms with van der Waals surface area (Å²) in [6.07, 6.45) is -1.56. The van der Waals surface area contributed by atoms with Gasteiger partial charge in [0.25, 0.3) is 0 Å². The summed E-state index contributed by atoms with van der Waals surface area (Å²) >= 11 is 0. The number of rotatable bonds is 2. The van der Waals surface area contributed by atoms with E-state index in [1.807, 2.05) is 6.92 Å². The fourth-order valence-electron chi connectivity index (χ4n) is 2.62. The Labute approximate surface area is 127 Å². The van der Waals surface area contributed by atoms with E-state index in [-0.39, 0.29) is 28.3 Å². The minimum atomic E-state index is -1.56. The summed E-state index contributed by atoms with van der Waals surface area (Å²) in [5, 5.41) is 0. The molecule has 22 heavy (non-hydrogen) atoms. The number of alkyl halides is 1. The van der Waals surface area contributed by atoms with Crippen LogP contribution in [-0.4, -0.2) is 19.4 Å². The molecule has 2 nitrogen and oxygen atoms in total. The molecule has 6 heteroatoms. The van der Waals surface area contributed by atoms with Gasteiger partial charge in [-0.25, -0.2) is 13.2 Å². The van der Waals surface area contributed by atoms with E-state index < -0.39 is 17.8 Å². The van der Waals surface area contributed by atoms with E-state index in [1.165, 1.54) is 6.92 Å². The number of fused-ring (bicyclic) bond motifs is 1. The molecule has 0 amide bonds. The first-order valence-electron chi connectivity index (χ1n) is 6.95. The van der Waals surface area contributed by atoms with Crippen LogP contribution in [0.5, 0.6) is 5.75 Å². The van der Waals surface area contributed by atoms with Crippen LogP contribution in [-0.2, 0) is 0 Å². The van der Waals surface area contributed by atoms with Crippen molar-refractivity contribution in [3.05, 3.63) is 41.0 Å². The van der Waals surface area contributed by atoms with Crippen molar-refractivity contribution in [2.45, 2.75) is 25.9 Å². The summed E-state index contributed by atoms with van der Waals surface area (Å²) in [5.41, 5.74) is 0.975. The average Bonchev–Trinajstić information content (AvgIpc) is 2.79. The number of nitrogens with zero attached hydrogens (tertiary/aromatic N) is 1. The van der Waals surface area contributed by atoms with Crippen LogP contribution >= 0.6 is 0 Å². The van der Waals surface area contributed by atoms with Gasteiger partial charge in [-0.1, -0.05) is 6.92 Å². The molecule has 2 atom stereocenters. The summed E-state index contributed by atoms with van der Waals surface area (Å²) in [6, 6.07) is 3.47. The molecule has 0 N–H and O–H groups in total. The van der Waals surface area contributed by atoms with Gasteiger partial charge in [-0.2, -0.15) is 0 Å². The van der Waals surface area contributed by atoms with Gasteiger partial charge in [0.15, 0.2) is 0 Å². The maximum Gasteiger partial charge on any atom is 0.149 e. The maximum atomic E-state index is 14.2. The first-order chi connectivity index (χ1) is 10.4.